The Hall–Kier alpha value is -1.72. The number of ether oxygens (including phenoxy) is 1. The first-order chi connectivity index (χ1) is 11.6. The highest BCUT2D eigenvalue weighted by Crippen LogP contribution is 2.42. The van der Waals surface area contributed by atoms with Crippen molar-refractivity contribution in [3.63, 3.8) is 0 Å². The van der Waals surface area contributed by atoms with Gasteiger partial charge >= 0.3 is 0 Å². The van der Waals surface area contributed by atoms with E-state index < -0.39 is 0 Å². The zero-order valence-corrected chi connectivity index (χ0v) is 15.4. The van der Waals surface area contributed by atoms with Crippen molar-refractivity contribution in [1.82, 2.24) is 9.88 Å². The summed E-state index contributed by atoms with van der Waals surface area (Å²) in [6.07, 6.45) is 2.83. The maximum Gasteiger partial charge on any atom is 0.253 e. The minimum atomic E-state index is -0.0873. The number of benzene rings is 1. The van der Waals surface area contributed by atoms with E-state index in [0.717, 1.165) is 43.7 Å². The van der Waals surface area contributed by atoms with Crippen molar-refractivity contribution in [2.24, 2.45) is 0 Å². The average molecular weight is 344 g/mol. The average Bonchev–Trinajstić information content (AvgIpc) is 3.11. The Bertz CT molecular complexity index is 700. The molecular weight excluding hydrogens is 320 g/mol. The topological polar surface area (TPSA) is 42.4 Å². The van der Waals surface area contributed by atoms with Crippen LogP contribution in [0.2, 0.25) is 0 Å². The quantitative estimate of drug-likeness (QED) is 0.852. The predicted octanol–water partition coefficient (Wildman–Crippen LogP) is 3.50. The standard InChI is InChI=1S/C19H24N2O2S/c1-4-16-13-24-18(20-16)19(9-11-23-12-10-19)15-7-5-14(6-8-15)17(22)21(2)3/h5-8,13H,4,9-12H2,1-3H3. The molecule has 1 aromatic heterocycles. The lowest BCUT2D eigenvalue weighted by atomic mass is 9.74. The second-order valence-electron chi connectivity index (χ2n) is 6.47. The predicted molar refractivity (Wildman–Crippen MR) is 96.8 cm³/mol. The Morgan fingerprint density at radius 3 is 2.46 bits per heavy atom. The SMILES string of the molecule is CCc1csc(C2(c3ccc(C(=O)N(C)C)cc3)CCOCC2)n1. The monoisotopic (exact) mass is 344 g/mol. The van der Waals surface area contributed by atoms with Crippen LogP contribution in [0.15, 0.2) is 29.6 Å². The van der Waals surface area contributed by atoms with Crippen molar-refractivity contribution in [1.29, 1.82) is 0 Å². The first-order valence-corrected chi connectivity index (χ1v) is 9.29. The van der Waals surface area contributed by atoms with Gasteiger partial charge in [0.2, 0.25) is 0 Å². The molecule has 0 saturated carbocycles. The zero-order chi connectivity index (χ0) is 17.2. The molecule has 3 rings (SSSR count). The molecule has 1 saturated heterocycles. The summed E-state index contributed by atoms with van der Waals surface area (Å²) < 4.78 is 5.61. The Morgan fingerprint density at radius 1 is 1.25 bits per heavy atom. The van der Waals surface area contributed by atoms with Gasteiger partial charge in [-0.2, -0.15) is 0 Å². The summed E-state index contributed by atoms with van der Waals surface area (Å²) in [4.78, 5) is 18.6. The molecule has 2 heterocycles. The van der Waals surface area contributed by atoms with E-state index in [1.165, 1.54) is 10.6 Å². The fraction of sp³-hybridized carbons (Fsp3) is 0.474. The van der Waals surface area contributed by atoms with Gasteiger partial charge in [-0.3, -0.25) is 4.79 Å². The fourth-order valence-corrected chi connectivity index (χ4v) is 4.41. The highest BCUT2D eigenvalue weighted by atomic mass is 32.1. The highest BCUT2D eigenvalue weighted by Gasteiger charge is 2.39. The number of hydrogen-bond donors (Lipinski definition) is 0. The molecule has 1 aliphatic heterocycles. The number of carbonyl (C=O) groups is 1. The molecule has 4 nitrogen and oxygen atoms in total. The zero-order valence-electron chi connectivity index (χ0n) is 14.5. The number of amides is 1. The molecule has 0 radical (unpaired) electrons. The lowest BCUT2D eigenvalue weighted by molar-refractivity contribution is 0.0629. The molecule has 0 bridgehead atoms. The van der Waals surface area contributed by atoms with Crippen molar-refractivity contribution < 1.29 is 9.53 Å². The van der Waals surface area contributed by atoms with Gasteiger partial charge in [-0.15, -0.1) is 11.3 Å². The van der Waals surface area contributed by atoms with E-state index in [1.807, 2.05) is 12.1 Å². The maximum absolute atomic E-state index is 12.1. The Labute approximate surface area is 147 Å². The molecular formula is C19H24N2O2S. The van der Waals surface area contributed by atoms with Crippen LogP contribution in [0.3, 0.4) is 0 Å². The van der Waals surface area contributed by atoms with Crippen LogP contribution in [0.25, 0.3) is 0 Å². The second kappa shape index (κ2) is 7.03. The van der Waals surface area contributed by atoms with Crippen molar-refractivity contribution in [2.75, 3.05) is 27.3 Å². The van der Waals surface area contributed by atoms with Crippen molar-refractivity contribution >= 4 is 17.2 Å². The Kier molecular flexibility index (Phi) is 5.01. The van der Waals surface area contributed by atoms with Crippen molar-refractivity contribution in [2.45, 2.75) is 31.6 Å². The molecule has 24 heavy (non-hydrogen) atoms. The van der Waals surface area contributed by atoms with Crippen LogP contribution in [0.5, 0.6) is 0 Å². The number of thiazole rings is 1. The van der Waals surface area contributed by atoms with Crippen LogP contribution in [-0.2, 0) is 16.6 Å². The molecule has 1 amide bonds. The Morgan fingerprint density at radius 2 is 1.92 bits per heavy atom. The summed E-state index contributed by atoms with van der Waals surface area (Å²) in [5.74, 6) is 0.0325. The van der Waals surface area contributed by atoms with E-state index in [1.54, 1.807) is 30.3 Å². The third-order valence-corrected chi connectivity index (χ3v) is 5.86. The van der Waals surface area contributed by atoms with E-state index in [0.29, 0.717) is 0 Å². The first kappa shape index (κ1) is 17.1. The Balaban J connectivity index is 1.98. The summed E-state index contributed by atoms with van der Waals surface area (Å²) in [7, 11) is 3.55. The van der Waals surface area contributed by atoms with Gasteiger partial charge in [0.15, 0.2) is 0 Å². The summed E-state index contributed by atoms with van der Waals surface area (Å²) in [5, 5.41) is 3.34. The smallest absolute Gasteiger partial charge is 0.253 e. The number of carbonyl (C=O) groups excluding carboxylic acids is 1. The molecule has 5 heteroatoms. The summed E-state index contributed by atoms with van der Waals surface area (Å²) in [5.41, 5.74) is 3.02. The van der Waals surface area contributed by atoms with E-state index in [4.69, 9.17) is 9.72 Å². The lowest BCUT2D eigenvalue weighted by Crippen LogP contribution is -2.35. The van der Waals surface area contributed by atoms with Crippen LogP contribution >= 0.6 is 11.3 Å². The second-order valence-corrected chi connectivity index (χ2v) is 7.33. The third-order valence-electron chi connectivity index (χ3n) is 4.76. The van der Waals surface area contributed by atoms with Crippen LogP contribution in [0.1, 0.15) is 46.4 Å². The molecule has 0 atom stereocenters. The van der Waals surface area contributed by atoms with Gasteiger partial charge in [0.25, 0.3) is 5.91 Å². The van der Waals surface area contributed by atoms with Crippen LogP contribution in [0, 0.1) is 0 Å². The van der Waals surface area contributed by atoms with Crippen LogP contribution in [-0.4, -0.2) is 43.1 Å². The maximum atomic E-state index is 12.1. The summed E-state index contributed by atoms with van der Waals surface area (Å²) in [6, 6.07) is 8.05. The lowest BCUT2D eigenvalue weighted by Gasteiger charge is -2.36. The van der Waals surface area contributed by atoms with Gasteiger partial charge in [-0.25, -0.2) is 4.98 Å². The fourth-order valence-electron chi connectivity index (χ4n) is 3.23. The van der Waals surface area contributed by atoms with E-state index >= 15 is 0 Å². The van der Waals surface area contributed by atoms with Gasteiger partial charge in [0.1, 0.15) is 5.01 Å². The molecule has 1 aromatic carbocycles. The molecule has 2 aromatic rings. The largest absolute Gasteiger partial charge is 0.381 e. The van der Waals surface area contributed by atoms with Gasteiger partial charge in [0, 0.05) is 38.3 Å². The van der Waals surface area contributed by atoms with Crippen molar-refractivity contribution in [3.8, 4) is 0 Å². The first-order valence-electron chi connectivity index (χ1n) is 8.41. The van der Waals surface area contributed by atoms with Crippen LogP contribution in [0.4, 0.5) is 0 Å². The van der Waals surface area contributed by atoms with Gasteiger partial charge in [0.05, 0.1) is 11.1 Å². The normalized spacial score (nSPS) is 16.8. The van der Waals surface area contributed by atoms with Gasteiger partial charge in [-0.05, 0) is 37.0 Å². The molecule has 128 valence electrons. The highest BCUT2D eigenvalue weighted by molar-refractivity contribution is 7.09. The number of nitrogens with zero attached hydrogens (tertiary/aromatic N) is 2. The summed E-state index contributed by atoms with van der Waals surface area (Å²) >= 11 is 1.75. The van der Waals surface area contributed by atoms with Crippen molar-refractivity contribution in [3.05, 3.63) is 51.5 Å². The van der Waals surface area contributed by atoms with Gasteiger partial charge < -0.3 is 9.64 Å². The third kappa shape index (κ3) is 3.10. The van der Waals surface area contributed by atoms with E-state index in [9.17, 15) is 4.79 Å². The number of aromatic nitrogens is 1. The van der Waals surface area contributed by atoms with E-state index in [2.05, 4.69) is 24.4 Å². The molecule has 0 N–H and O–H groups in total. The van der Waals surface area contributed by atoms with Gasteiger partial charge in [-0.1, -0.05) is 19.1 Å². The van der Waals surface area contributed by atoms with Crippen LogP contribution < -0.4 is 0 Å². The van der Waals surface area contributed by atoms with E-state index in [-0.39, 0.29) is 11.3 Å². The molecule has 1 fully saturated rings. The molecule has 0 aliphatic carbocycles. The minimum Gasteiger partial charge on any atom is -0.381 e. The molecule has 1 aliphatic rings. The molecule has 0 spiro atoms. The minimum absolute atomic E-state index is 0.0325. The summed E-state index contributed by atoms with van der Waals surface area (Å²) in [6.45, 7) is 3.63. The number of rotatable bonds is 4. The molecule has 0 unspecified atom stereocenters. The number of aryl methyl sites for hydroxylation is 1. The number of hydrogen-bond acceptors (Lipinski definition) is 4.